The number of nitrogens with zero attached hydrogens (tertiary/aromatic N) is 2. The van der Waals surface area contributed by atoms with E-state index in [9.17, 15) is 22.8 Å². The molecular formula is C23H14F3N4O4S+. The lowest BCUT2D eigenvalue weighted by atomic mass is 10.1. The van der Waals surface area contributed by atoms with Crippen LogP contribution in [0.4, 0.5) is 18.9 Å². The molecule has 0 bridgehead atoms. The molecule has 2 aromatic carbocycles. The van der Waals surface area contributed by atoms with Gasteiger partial charge in [-0.05, 0) is 34.2 Å². The quantitative estimate of drug-likeness (QED) is 0.276. The molecule has 5 rings (SSSR count). The molecule has 0 aliphatic carbocycles. The number of carbonyl (C=O) groups excluding carboxylic acids is 1. The van der Waals surface area contributed by atoms with Gasteiger partial charge in [-0.3, -0.25) is 9.32 Å². The summed E-state index contributed by atoms with van der Waals surface area (Å²) in [4.78, 5) is 30.9. The summed E-state index contributed by atoms with van der Waals surface area (Å²) in [5, 5.41) is 2.84. The van der Waals surface area contributed by atoms with E-state index in [1.807, 2.05) is 30.3 Å². The second-order valence-corrected chi connectivity index (χ2v) is 8.29. The highest BCUT2D eigenvalue weighted by atomic mass is 32.1. The van der Waals surface area contributed by atoms with E-state index in [1.165, 1.54) is 12.1 Å². The zero-order valence-corrected chi connectivity index (χ0v) is 18.3. The number of rotatable bonds is 5. The van der Waals surface area contributed by atoms with Crippen molar-refractivity contribution in [1.29, 1.82) is 0 Å². The number of aromatic amines is 1. The van der Waals surface area contributed by atoms with Crippen LogP contribution in [0.1, 0.15) is 15.4 Å². The first-order valence-corrected chi connectivity index (χ1v) is 10.8. The lowest BCUT2D eigenvalue weighted by molar-refractivity contribution is -0.672. The molecule has 0 radical (unpaired) electrons. The monoisotopic (exact) mass is 499 g/mol. The van der Waals surface area contributed by atoms with Crippen LogP contribution in [-0.4, -0.2) is 22.4 Å². The van der Waals surface area contributed by atoms with Crippen LogP contribution >= 0.6 is 11.3 Å². The lowest BCUT2D eigenvalue weighted by Gasteiger charge is -2.07. The Hall–Kier alpha value is -4.45. The largest absolute Gasteiger partial charge is 0.573 e. The van der Waals surface area contributed by atoms with Crippen molar-refractivity contribution >= 4 is 33.0 Å². The Labute approximate surface area is 198 Å². The molecule has 0 aliphatic rings. The number of carbonyl (C=O) groups is 1. The molecule has 3 aromatic heterocycles. The molecule has 0 atom stereocenters. The number of ether oxygens (including phenoxy) is 1. The summed E-state index contributed by atoms with van der Waals surface area (Å²) in [5.74, 6) is -1.19. The fraction of sp³-hybridized carbons (Fsp3) is 0.0435. The number of H-pyrrole nitrogens is 1. The zero-order chi connectivity index (χ0) is 24.7. The Morgan fingerprint density at radius 2 is 1.77 bits per heavy atom. The number of anilines is 1. The van der Waals surface area contributed by atoms with Gasteiger partial charge in [0.1, 0.15) is 15.5 Å². The number of alkyl halides is 3. The number of nitrogen functional groups attached to an aromatic ring is 1. The van der Waals surface area contributed by atoms with Gasteiger partial charge in [-0.2, -0.15) is 0 Å². The van der Waals surface area contributed by atoms with Crippen LogP contribution in [0.5, 0.6) is 5.75 Å². The molecule has 0 unspecified atom stereocenters. The number of benzene rings is 2. The number of thiophene rings is 1. The molecular weight excluding hydrogens is 485 g/mol. The van der Waals surface area contributed by atoms with Crippen molar-refractivity contribution in [3.8, 4) is 22.7 Å². The number of hydrogen-bond donors (Lipinski definition) is 2. The highest BCUT2D eigenvalue weighted by Gasteiger charge is 2.35. The summed E-state index contributed by atoms with van der Waals surface area (Å²) in [6.07, 6.45) is -4.85. The molecule has 12 heteroatoms. The fourth-order valence-electron chi connectivity index (χ4n) is 3.49. The van der Waals surface area contributed by atoms with E-state index in [0.717, 1.165) is 33.7 Å². The number of fused-ring (bicyclic) bond motifs is 1. The van der Waals surface area contributed by atoms with Gasteiger partial charge in [0.15, 0.2) is 0 Å². The molecule has 0 aliphatic heterocycles. The summed E-state index contributed by atoms with van der Waals surface area (Å²) < 4.78 is 46.9. The van der Waals surface area contributed by atoms with Crippen molar-refractivity contribution in [2.24, 2.45) is 0 Å². The van der Waals surface area contributed by atoms with Crippen LogP contribution in [0.25, 0.3) is 27.2 Å². The first kappa shape index (κ1) is 22.3. The van der Waals surface area contributed by atoms with Crippen LogP contribution < -0.4 is 20.8 Å². The van der Waals surface area contributed by atoms with Crippen molar-refractivity contribution < 1.29 is 31.9 Å². The lowest BCUT2D eigenvalue weighted by Crippen LogP contribution is -2.41. The highest BCUT2D eigenvalue weighted by molar-refractivity contribution is 7.21. The van der Waals surface area contributed by atoms with Crippen molar-refractivity contribution in [3.63, 3.8) is 0 Å². The number of halogens is 3. The fourth-order valence-corrected chi connectivity index (χ4v) is 4.52. The third kappa shape index (κ3) is 4.26. The minimum Gasteiger partial charge on any atom is -0.406 e. The summed E-state index contributed by atoms with van der Waals surface area (Å²) in [7, 11) is 0. The number of nitrogens with two attached hydrogens (primary N) is 1. The van der Waals surface area contributed by atoms with Crippen molar-refractivity contribution in [2.75, 3.05) is 5.73 Å². The van der Waals surface area contributed by atoms with Gasteiger partial charge >= 0.3 is 17.7 Å². The van der Waals surface area contributed by atoms with E-state index in [4.69, 9.17) is 10.3 Å². The van der Waals surface area contributed by atoms with E-state index in [-0.39, 0.29) is 16.3 Å². The van der Waals surface area contributed by atoms with E-state index >= 15 is 0 Å². The zero-order valence-electron chi connectivity index (χ0n) is 17.5. The van der Waals surface area contributed by atoms with Crippen molar-refractivity contribution in [2.45, 2.75) is 6.36 Å². The predicted molar refractivity (Wildman–Crippen MR) is 120 cm³/mol. The van der Waals surface area contributed by atoms with E-state index in [2.05, 4.69) is 15.0 Å². The van der Waals surface area contributed by atoms with Crippen LogP contribution in [0, 0.1) is 0 Å². The van der Waals surface area contributed by atoms with E-state index < -0.39 is 29.2 Å². The normalized spacial score (nSPS) is 11.6. The number of aromatic nitrogens is 3. The standard InChI is InChI=1S/C23H13F3N4O4S/c24-23(25,26)33-14-8-6-13(7-9-14)30-18(22(32)34-29-30)19(31)20-17(27)15-10-11-16(28-21(15)35-20)12-4-2-1-3-5-12/h1-11H,(H2-,27,29,31,32)/p+1. The summed E-state index contributed by atoms with van der Waals surface area (Å²) >= 11 is 1.02. The summed E-state index contributed by atoms with van der Waals surface area (Å²) in [6.45, 7) is 0. The van der Waals surface area contributed by atoms with Crippen LogP contribution in [-0.2, 0) is 0 Å². The minimum atomic E-state index is -4.85. The molecule has 35 heavy (non-hydrogen) atoms. The van der Waals surface area contributed by atoms with Gasteiger partial charge in [0.25, 0.3) is 5.78 Å². The Bertz CT molecular complexity index is 1610. The molecule has 0 fully saturated rings. The minimum absolute atomic E-state index is 0.0791. The molecule has 0 spiro atoms. The molecule has 0 saturated carbocycles. The van der Waals surface area contributed by atoms with Gasteiger partial charge in [-0.15, -0.1) is 24.5 Å². The average molecular weight is 499 g/mol. The Kier molecular flexibility index (Phi) is 5.36. The summed E-state index contributed by atoms with van der Waals surface area (Å²) in [5.41, 5.74) is 6.74. The molecule has 3 N–H and O–H groups in total. The molecule has 0 amide bonds. The highest BCUT2D eigenvalue weighted by Crippen LogP contribution is 2.35. The third-order valence-electron chi connectivity index (χ3n) is 5.06. The third-order valence-corrected chi connectivity index (χ3v) is 6.17. The van der Waals surface area contributed by atoms with Gasteiger partial charge in [-0.1, -0.05) is 30.3 Å². The number of ketones is 1. The number of nitrogens with one attached hydrogen (secondary N) is 1. The maximum atomic E-state index is 13.4. The first-order valence-electron chi connectivity index (χ1n) is 10.00. The van der Waals surface area contributed by atoms with Crippen LogP contribution in [0.3, 0.4) is 0 Å². The van der Waals surface area contributed by atoms with Gasteiger partial charge in [0.2, 0.25) is 5.69 Å². The number of pyridine rings is 1. The summed E-state index contributed by atoms with van der Waals surface area (Å²) in [6, 6.07) is 17.5. The second-order valence-electron chi connectivity index (χ2n) is 7.30. The van der Waals surface area contributed by atoms with E-state index in [1.54, 1.807) is 12.1 Å². The average Bonchev–Trinajstić information content (AvgIpc) is 3.38. The Morgan fingerprint density at radius 1 is 1.06 bits per heavy atom. The van der Waals surface area contributed by atoms with Gasteiger partial charge < -0.3 is 10.5 Å². The Balaban J connectivity index is 1.53. The van der Waals surface area contributed by atoms with Gasteiger partial charge in [-0.25, -0.2) is 9.78 Å². The SMILES string of the molecule is Nc1c(C(=O)c2c(=O)o[nH][n+]2-c2ccc(OC(F)(F)F)cc2)sc2nc(-c3ccccc3)ccc12. The smallest absolute Gasteiger partial charge is 0.406 e. The van der Waals surface area contributed by atoms with E-state index in [0.29, 0.717) is 15.9 Å². The molecule has 8 nitrogen and oxygen atoms in total. The molecule has 5 aromatic rings. The van der Waals surface area contributed by atoms with Gasteiger partial charge in [0.05, 0.1) is 11.4 Å². The molecule has 3 heterocycles. The van der Waals surface area contributed by atoms with Crippen molar-refractivity contribution in [1.82, 2.24) is 10.3 Å². The Morgan fingerprint density at radius 3 is 2.46 bits per heavy atom. The molecule has 176 valence electrons. The second kappa shape index (κ2) is 8.40. The number of hydrogen-bond acceptors (Lipinski definition) is 7. The maximum Gasteiger partial charge on any atom is 0.573 e. The first-order chi connectivity index (χ1) is 16.7. The predicted octanol–water partition coefficient (Wildman–Crippen LogP) is 4.23. The van der Waals surface area contributed by atoms with Crippen LogP contribution in [0.15, 0.2) is 76.0 Å². The topological polar surface area (TPSA) is 115 Å². The maximum absolute atomic E-state index is 13.4. The van der Waals surface area contributed by atoms with Crippen molar-refractivity contribution in [3.05, 3.63) is 87.7 Å². The van der Waals surface area contributed by atoms with Gasteiger partial charge in [0, 0.05) is 23.1 Å². The van der Waals surface area contributed by atoms with Crippen LogP contribution in [0.2, 0.25) is 0 Å². The molecule has 0 saturated heterocycles.